The summed E-state index contributed by atoms with van der Waals surface area (Å²) >= 11 is 7.18. The first-order valence-corrected chi connectivity index (χ1v) is 10.0. The van der Waals surface area contributed by atoms with E-state index in [1.807, 2.05) is 11.5 Å². The topological polar surface area (TPSA) is 76.9 Å². The zero-order chi connectivity index (χ0) is 17.7. The average Bonchev–Trinajstić information content (AvgIpc) is 2.95. The van der Waals surface area contributed by atoms with Crippen molar-refractivity contribution in [2.24, 2.45) is 0 Å². The number of nitrogens with zero attached hydrogens (tertiary/aromatic N) is 3. The molecule has 0 aliphatic carbocycles. The molecule has 0 unspecified atom stereocenters. The lowest BCUT2D eigenvalue weighted by Crippen LogP contribution is -2.29. The number of terminal acetylenes is 1. The predicted octanol–water partition coefficient (Wildman–Crippen LogP) is 2.72. The number of nitrogens with one attached hydrogen (secondary N) is 1. The summed E-state index contributed by atoms with van der Waals surface area (Å²) in [6, 6.07) is 5.43. The number of hydrogen-bond donors (Lipinski definition) is 1. The highest BCUT2D eigenvalue weighted by atomic mass is 35.5. The summed E-state index contributed by atoms with van der Waals surface area (Å²) in [5.74, 6) is 3.54. The summed E-state index contributed by atoms with van der Waals surface area (Å²) in [5.41, 5.74) is 0. The Kier molecular flexibility index (Phi) is 6.29. The van der Waals surface area contributed by atoms with Crippen LogP contribution in [0.5, 0.6) is 0 Å². The fraction of sp³-hybridized carbons (Fsp3) is 0.333. The second-order valence-electron chi connectivity index (χ2n) is 4.87. The van der Waals surface area contributed by atoms with Crippen molar-refractivity contribution in [1.29, 1.82) is 0 Å². The van der Waals surface area contributed by atoms with Gasteiger partial charge in [0, 0.05) is 11.6 Å². The normalized spacial score (nSPS) is 12.8. The SMILES string of the molecule is C#CCSc1nnc([C@@H](C)NS(=O)(=O)c2ccc(Cl)cc2)n1CC. The Morgan fingerprint density at radius 2 is 2.04 bits per heavy atom. The van der Waals surface area contributed by atoms with Crippen LogP contribution in [-0.4, -0.2) is 28.9 Å². The molecule has 0 bridgehead atoms. The minimum atomic E-state index is -3.69. The minimum Gasteiger partial charge on any atom is -0.305 e. The summed E-state index contributed by atoms with van der Waals surface area (Å²) in [6.07, 6.45) is 5.26. The summed E-state index contributed by atoms with van der Waals surface area (Å²) in [4.78, 5) is 0.142. The minimum absolute atomic E-state index is 0.142. The van der Waals surface area contributed by atoms with Gasteiger partial charge in [0.15, 0.2) is 11.0 Å². The molecule has 0 saturated carbocycles. The van der Waals surface area contributed by atoms with Gasteiger partial charge in [0.25, 0.3) is 0 Å². The molecule has 0 aliphatic rings. The third-order valence-electron chi connectivity index (χ3n) is 3.19. The van der Waals surface area contributed by atoms with Gasteiger partial charge in [-0.2, -0.15) is 0 Å². The largest absolute Gasteiger partial charge is 0.305 e. The Morgan fingerprint density at radius 1 is 1.38 bits per heavy atom. The van der Waals surface area contributed by atoms with Gasteiger partial charge in [0.1, 0.15) is 0 Å². The van der Waals surface area contributed by atoms with Crippen molar-refractivity contribution >= 4 is 33.4 Å². The van der Waals surface area contributed by atoms with E-state index in [0.29, 0.717) is 28.3 Å². The first-order valence-electron chi connectivity index (χ1n) is 7.16. The smallest absolute Gasteiger partial charge is 0.241 e. The monoisotopic (exact) mass is 384 g/mol. The quantitative estimate of drug-likeness (QED) is 0.586. The molecule has 2 aromatic rings. The second-order valence-corrected chi connectivity index (χ2v) is 7.97. The maximum Gasteiger partial charge on any atom is 0.241 e. The lowest BCUT2D eigenvalue weighted by atomic mass is 10.3. The van der Waals surface area contributed by atoms with Gasteiger partial charge in [0.05, 0.1) is 16.7 Å². The van der Waals surface area contributed by atoms with Gasteiger partial charge >= 0.3 is 0 Å². The summed E-state index contributed by atoms with van der Waals surface area (Å²) < 4.78 is 29.4. The molecule has 0 radical (unpaired) electrons. The van der Waals surface area contributed by atoms with Crippen LogP contribution < -0.4 is 4.72 Å². The van der Waals surface area contributed by atoms with E-state index < -0.39 is 16.1 Å². The Bertz CT molecular complexity index is 841. The van der Waals surface area contributed by atoms with Crippen LogP contribution in [-0.2, 0) is 16.6 Å². The van der Waals surface area contributed by atoms with Crippen molar-refractivity contribution in [2.75, 3.05) is 5.75 Å². The number of thioether (sulfide) groups is 1. The molecule has 0 amide bonds. The molecule has 0 spiro atoms. The number of halogens is 1. The standard InChI is InChI=1S/C15H17ClN4O2S2/c1-4-10-23-15-18-17-14(20(15)5-2)11(3)19-24(21,22)13-8-6-12(16)7-9-13/h1,6-9,11,19H,5,10H2,2-3H3/t11-/m1/s1. The third-order valence-corrected chi connectivity index (χ3v) is 5.87. The van der Waals surface area contributed by atoms with Crippen molar-refractivity contribution in [2.45, 2.75) is 36.5 Å². The maximum absolute atomic E-state index is 12.5. The zero-order valence-electron chi connectivity index (χ0n) is 13.2. The van der Waals surface area contributed by atoms with E-state index in [-0.39, 0.29) is 4.90 Å². The first kappa shape index (κ1) is 18.8. The zero-order valence-corrected chi connectivity index (χ0v) is 15.6. The molecule has 1 N–H and O–H groups in total. The van der Waals surface area contributed by atoms with Crippen molar-refractivity contribution < 1.29 is 8.42 Å². The third kappa shape index (κ3) is 4.30. The van der Waals surface area contributed by atoms with Crippen LogP contribution in [0.1, 0.15) is 25.7 Å². The van der Waals surface area contributed by atoms with Gasteiger partial charge in [0.2, 0.25) is 10.0 Å². The molecule has 1 atom stereocenters. The van der Waals surface area contributed by atoms with Crippen LogP contribution in [0.3, 0.4) is 0 Å². The molecule has 0 aliphatic heterocycles. The van der Waals surface area contributed by atoms with E-state index in [4.69, 9.17) is 18.0 Å². The van der Waals surface area contributed by atoms with Crippen molar-refractivity contribution in [3.05, 3.63) is 35.1 Å². The van der Waals surface area contributed by atoms with Gasteiger partial charge in [-0.25, -0.2) is 13.1 Å². The molecule has 6 nitrogen and oxygen atoms in total. The summed E-state index contributed by atoms with van der Waals surface area (Å²) in [6.45, 7) is 4.27. The number of aromatic nitrogens is 3. The van der Waals surface area contributed by atoms with Gasteiger partial charge < -0.3 is 4.57 Å². The van der Waals surface area contributed by atoms with Crippen LogP contribution in [0.25, 0.3) is 0 Å². The highest BCUT2D eigenvalue weighted by Gasteiger charge is 2.23. The predicted molar refractivity (Wildman–Crippen MR) is 95.4 cm³/mol. The molecule has 1 heterocycles. The molecular formula is C15H17ClN4O2S2. The fourth-order valence-electron chi connectivity index (χ4n) is 2.10. The highest BCUT2D eigenvalue weighted by Crippen LogP contribution is 2.22. The lowest BCUT2D eigenvalue weighted by molar-refractivity contribution is 0.539. The van der Waals surface area contributed by atoms with E-state index in [9.17, 15) is 8.42 Å². The molecule has 0 saturated heterocycles. The van der Waals surface area contributed by atoms with E-state index in [1.165, 1.54) is 36.0 Å². The molecule has 2 rings (SSSR count). The van der Waals surface area contributed by atoms with Gasteiger partial charge in [-0.05, 0) is 38.1 Å². The van der Waals surface area contributed by atoms with E-state index in [1.54, 1.807) is 6.92 Å². The van der Waals surface area contributed by atoms with Gasteiger partial charge in [-0.15, -0.1) is 16.6 Å². The van der Waals surface area contributed by atoms with E-state index >= 15 is 0 Å². The van der Waals surface area contributed by atoms with Crippen LogP contribution in [0, 0.1) is 12.3 Å². The summed E-state index contributed by atoms with van der Waals surface area (Å²) in [5, 5.41) is 9.34. The van der Waals surface area contributed by atoms with Crippen LogP contribution in [0.2, 0.25) is 5.02 Å². The van der Waals surface area contributed by atoms with Gasteiger partial charge in [-0.1, -0.05) is 29.3 Å². The molecule has 0 fully saturated rings. The average molecular weight is 385 g/mol. The van der Waals surface area contributed by atoms with Gasteiger partial charge in [-0.3, -0.25) is 0 Å². The van der Waals surface area contributed by atoms with E-state index in [0.717, 1.165) is 0 Å². The van der Waals surface area contributed by atoms with Crippen LogP contribution in [0.4, 0.5) is 0 Å². The van der Waals surface area contributed by atoms with Crippen LogP contribution >= 0.6 is 23.4 Å². The molecular weight excluding hydrogens is 368 g/mol. The van der Waals surface area contributed by atoms with Crippen molar-refractivity contribution in [3.8, 4) is 12.3 Å². The highest BCUT2D eigenvalue weighted by molar-refractivity contribution is 7.99. The maximum atomic E-state index is 12.5. The number of benzene rings is 1. The molecule has 1 aromatic carbocycles. The van der Waals surface area contributed by atoms with Crippen LogP contribution in [0.15, 0.2) is 34.3 Å². The van der Waals surface area contributed by atoms with Crippen molar-refractivity contribution in [1.82, 2.24) is 19.5 Å². The Morgan fingerprint density at radius 3 is 2.62 bits per heavy atom. The molecule has 1 aromatic heterocycles. The molecule has 9 heteroatoms. The first-order chi connectivity index (χ1) is 11.4. The van der Waals surface area contributed by atoms with E-state index in [2.05, 4.69) is 20.8 Å². The lowest BCUT2D eigenvalue weighted by Gasteiger charge is -2.15. The second kappa shape index (κ2) is 8.03. The van der Waals surface area contributed by atoms with Crippen molar-refractivity contribution in [3.63, 3.8) is 0 Å². The number of sulfonamides is 1. The Hall–Kier alpha value is -1.53. The number of rotatable bonds is 7. The Labute approximate surface area is 151 Å². The number of hydrogen-bond acceptors (Lipinski definition) is 5. The summed E-state index contributed by atoms with van der Waals surface area (Å²) in [7, 11) is -3.69. The molecule has 24 heavy (non-hydrogen) atoms. The fourth-order valence-corrected chi connectivity index (χ4v) is 4.11. The molecule has 128 valence electrons. The Balaban J connectivity index is 2.23.